The molecule has 0 bridgehead atoms. The molecule has 0 radical (unpaired) electrons. The fourth-order valence-corrected chi connectivity index (χ4v) is 1.88. The average molecular weight is 232 g/mol. The van der Waals surface area contributed by atoms with Crippen molar-refractivity contribution in [3.63, 3.8) is 0 Å². The summed E-state index contributed by atoms with van der Waals surface area (Å²) in [7, 11) is -4.41. The Morgan fingerprint density at radius 2 is 1.93 bits per heavy atom. The molecule has 0 aliphatic rings. The zero-order valence-electron chi connectivity index (χ0n) is 8.72. The smallest absolute Gasteiger partial charge is 0.281 e. The van der Waals surface area contributed by atoms with E-state index in [-0.39, 0.29) is 6.61 Å². The van der Waals surface area contributed by atoms with Gasteiger partial charge in [0.25, 0.3) is 0 Å². The fourth-order valence-electron chi connectivity index (χ4n) is 1.01. The third-order valence-corrected chi connectivity index (χ3v) is 2.68. The van der Waals surface area contributed by atoms with Gasteiger partial charge in [-0.1, -0.05) is 30.3 Å². The van der Waals surface area contributed by atoms with Gasteiger partial charge < -0.3 is 0 Å². The molecule has 0 aromatic heterocycles. The maximum Gasteiger partial charge on any atom is 0.513 e. The fraction of sp³-hybridized carbons (Fsp3) is 0.400. The van der Waals surface area contributed by atoms with Crippen molar-refractivity contribution >= 4 is 7.91 Å². The van der Waals surface area contributed by atoms with Crippen LogP contribution in [-0.2, 0) is 20.2 Å². The summed E-state index contributed by atoms with van der Waals surface area (Å²) < 4.78 is 33.3. The van der Waals surface area contributed by atoms with E-state index < -0.39 is 14.0 Å². The van der Waals surface area contributed by atoms with Gasteiger partial charge >= 0.3 is 7.91 Å². The highest BCUT2D eigenvalue weighted by Gasteiger charge is 2.25. The minimum absolute atomic E-state index is 0.0542. The quantitative estimate of drug-likeness (QED) is 0.726. The molecule has 0 heterocycles. The molecule has 0 N–H and O–H groups in total. The van der Waals surface area contributed by atoms with Crippen LogP contribution < -0.4 is 0 Å². The Hall–Kier alpha value is -0.700. The van der Waals surface area contributed by atoms with E-state index in [0.29, 0.717) is 0 Å². The molecule has 3 nitrogen and oxygen atoms in total. The molecule has 15 heavy (non-hydrogen) atoms. The average Bonchev–Trinajstić information content (AvgIpc) is 2.15. The van der Waals surface area contributed by atoms with Crippen LogP contribution in [0.25, 0.3) is 0 Å². The molecule has 1 aromatic rings. The Labute approximate surface area is 88.9 Å². The molecule has 0 amide bonds. The van der Waals surface area contributed by atoms with E-state index in [9.17, 15) is 8.76 Å². The summed E-state index contributed by atoms with van der Waals surface area (Å²) in [5, 5.41) is 0. The monoisotopic (exact) mass is 232 g/mol. The van der Waals surface area contributed by atoms with Gasteiger partial charge in [0.2, 0.25) is 0 Å². The highest BCUT2D eigenvalue weighted by Crippen LogP contribution is 2.51. The van der Waals surface area contributed by atoms with Gasteiger partial charge in [0.05, 0.1) is 12.7 Å². The van der Waals surface area contributed by atoms with Crippen molar-refractivity contribution in [2.24, 2.45) is 0 Å². The molecule has 0 fully saturated rings. The minimum atomic E-state index is -4.41. The highest BCUT2D eigenvalue weighted by molar-refractivity contribution is 7.48. The van der Waals surface area contributed by atoms with Crippen LogP contribution in [0.15, 0.2) is 30.3 Å². The molecule has 84 valence electrons. The largest absolute Gasteiger partial charge is 0.513 e. The molecule has 0 spiro atoms. The first kappa shape index (κ1) is 12.4. The summed E-state index contributed by atoms with van der Waals surface area (Å²) in [6, 6.07) is 8.95. The Kier molecular flexibility index (Phi) is 4.45. The first-order valence-electron chi connectivity index (χ1n) is 4.66. The van der Waals surface area contributed by atoms with Crippen molar-refractivity contribution in [2.75, 3.05) is 0 Å². The maximum atomic E-state index is 13.1. The second kappa shape index (κ2) is 5.40. The number of hydrogen-bond acceptors (Lipinski definition) is 3. The standard InChI is InChI=1S/C10H14FO3P/c1-9(2)14-15(11,12)13-8-10-6-4-3-5-7-10/h3-7,9H,8H2,1-2H3. The van der Waals surface area contributed by atoms with Crippen LogP contribution in [0.5, 0.6) is 0 Å². The van der Waals surface area contributed by atoms with Gasteiger partial charge in [-0.15, -0.1) is 4.20 Å². The summed E-state index contributed by atoms with van der Waals surface area (Å²) in [6.45, 7) is 3.14. The van der Waals surface area contributed by atoms with Gasteiger partial charge in [-0.2, -0.15) is 0 Å². The highest BCUT2D eigenvalue weighted by atomic mass is 31.2. The molecular weight excluding hydrogens is 218 g/mol. The van der Waals surface area contributed by atoms with Crippen LogP contribution >= 0.6 is 7.91 Å². The Morgan fingerprint density at radius 1 is 1.33 bits per heavy atom. The Balaban J connectivity index is 2.46. The summed E-state index contributed by atoms with van der Waals surface area (Å²) in [6.07, 6.45) is -0.461. The van der Waals surface area contributed by atoms with Crippen molar-refractivity contribution < 1.29 is 17.8 Å². The first-order valence-corrected chi connectivity index (χ1v) is 6.09. The lowest BCUT2D eigenvalue weighted by molar-refractivity contribution is 0.137. The van der Waals surface area contributed by atoms with Gasteiger partial charge in [-0.25, -0.2) is 4.57 Å². The number of benzene rings is 1. The zero-order valence-corrected chi connectivity index (χ0v) is 9.62. The molecule has 5 heteroatoms. The molecule has 0 saturated carbocycles. The second-order valence-corrected chi connectivity index (χ2v) is 4.67. The van der Waals surface area contributed by atoms with E-state index in [1.165, 1.54) is 0 Å². The molecule has 1 aromatic carbocycles. The van der Waals surface area contributed by atoms with E-state index in [4.69, 9.17) is 0 Å². The minimum Gasteiger partial charge on any atom is -0.281 e. The van der Waals surface area contributed by atoms with Crippen LogP contribution in [0, 0.1) is 0 Å². The van der Waals surface area contributed by atoms with Gasteiger partial charge in [0, 0.05) is 0 Å². The van der Waals surface area contributed by atoms with Crippen molar-refractivity contribution in [2.45, 2.75) is 26.6 Å². The summed E-state index contributed by atoms with van der Waals surface area (Å²) >= 11 is 0. The van der Waals surface area contributed by atoms with Crippen molar-refractivity contribution in [3.8, 4) is 0 Å². The predicted molar refractivity (Wildman–Crippen MR) is 56.2 cm³/mol. The normalized spacial score (nSPS) is 15.2. The van der Waals surface area contributed by atoms with E-state index in [2.05, 4.69) is 9.05 Å². The topological polar surface area (TPSA) is 35.5 Å². The lowest BCUT2D eigenvalue weighted by Crippen LogP contribution is -2.00. The van der Waals surface area contributed by atoms with E-state index in [1.54, 1.807) is 38.1 Å². The summed E-state index contributed by atoms with van der Waals surface area (Å²) in [5.74, 6) is 0. The molecule has 0 aliphatic heterocycles. The maximum absolute atomic E-state index is 13.1. The van der Waals surface area contributed by atoms with Gasteiger partial charge in [-0.3, -0.25) is 9.05 Å². The second-order valence-electron chi connectivity index (χ2n) is 3.34. The van der Waals surface area contributed by atoms with Gasteiger partial charge in [0.15, 0.2) is 0 Å². The first-order chi connectivity index (χ1) is 6.99. The van der Waals surface area contributed by atoms with Crippen LogP contribution in [0.3, 0.4) is 0 Å². The third kappa shape index (κ3) is 5.07. The van der Waals surface area contributed by atoms with Crippen molar-refractivity contribution in [1.29, 1.82) is 0 Å². The lowest BCUT2D eigenvalue weighted by atomic mass is 10.2. The van der Waals surface area contributed by atoms with Crippen LogP contribution in [0.1, 0.15) is 19.4 Å². The van der Waals surface area contributed by atoms with Gasteiger partial charge in [-0.05, 0) is 19.4 Å². The molecule has 1 atom stereocenters. The number of halogens is 1. The van der Waals surface area contributed by atoms with E-state index in [1.807, 2.05) is 6.07 Å². The molecule has 0 aliphatic carbocycles. The number of hydrogen-bond donors (Lipinski definition) is 0. The third-order valence-electron chi connectivity index (χ3n) is 1.56. The SMILES string of the molecule is CC(C)OP(=O)(F)OCc1ccccc1. The molecule has 1 rings (SSSR count). The van der Waals surface area contributed by atoms with Crippen LogP contribution in [-0.4, -0.2) is 6.10 Å². The Morgan fingerprint density at radius 3 is 2.47 bits per heavy atom. The summed E-state index contributed by atoms with van der Waals surface area (Å²) in [5.41, 5.74) is 0.753. The van der Waals surface area contributed by atoms with Crippen molar-refractivity contribution in [3.05, 3.63) is 35.9 Å². The van der Waals surface area contributed by atoms with E-state index in [0.717, 1.165) is 5.56 Å². The molecule has 0 saturated heterocycles. The lowest BCUT2D eigenvalue weighted by Gasteiger charge is -2.12. The van der Waals surface area contributed by atoms with E-state index >= 15 is 0 Å². The van der Waals surface area contributed by atoms with Gasteiger partial charge in [0.1, 0.15) is 0 Å². The van der Waals surface area contributed by atoms with Crippen LogP contribution in [0.2, 0.25) is 0 Å². The summed E-state index contributed by atoms with van der Waals surface area (Å²) in [4.78, 5) is 0. The van der Waals surface area contributed by atoms with Crippen molar-refractivity contribution in [1.82, 2.24) is 0 Å². The number of rotatable bonds is 5. The zero-order chi connectivity index (χ0) is 11.3. The molecule has 1 unspecified atom stereocenters. The molecular formula is C10H14FO3P. The van der Waals surface area contributed by atoms with Crippen LogP contribution in [0.4, 0.5) is 4.20 Å². The predicted octanol–water partition coefficient (Wildman–Crippen LogP) is 3.71. The Bertz CT molecular complexity index is 340.